The van der Waals surface area contributed by atoms with Gasteiger partial charge < -0.3 is 19.4 Å². The maximum absolute atomic E-state index is 12.4. The Labute approximate surface area is 149 Å². The molecule has 1 aromatic heterocycles. The summed E-state index contributed by atoms with van der Waals surface area (Å²) in [5, 5.41) is 0. The summed E-state index contributed by atoms with van der Waals surface area (Å²) in [6.07, 6.45) is 3.36. The van der Waals surface area contributed by atoms with Gasteiger partial charge in [-0.3, -0.25) is 4.79 Å². The highest BCUT2D eigenvalue weighted by atomic mass is 16.5. The second-order valence-corrected chi connectivity index (χ2v) is 7.21. The third-order valence-corrected chi connectivity index (χ3v) is 5.49. The fraction of sp³-hybridized carbons (Fsp3) is 0.722. The third kappa shape index (κ3) is 3.56. The number of carbonyl (C=O) groups excluding carboxylic acids is 1. The Bertz CT molecular complexity index is 620. The highest BCUT2D eigenvalue weighted by molar-refractivity contribution is 5.79. The van der Waals surface area contributed by atoms with Crippen molar-refractivity contribution in [2.75, 3.05) is 62.3 Å². The highest BCUT2D eigenvalue weighted by Gasteiger charge is 2.31. The van der Waals surface area contributed by atoms with Gasteiger partial charge in [-0.15, -0.1) is 0 Å². The second kappa shape index (κ2) is 7.15. The average Bonchev–Trinajstić information content (AvgIpc) is 2.60. The summed E-state index contributed by atoms with van der Waals surface area (Å²) in [4.78, 5) is 28.3. The molecule has 2 aliphatic heterocycles. The topological polar surface area (TPSA) is 61.8 Å². The number of aryl methyl sites for hydroxylation is 1. The van der Waals surface area contributed by atoms with Crippen LogP contribution in [0.5, 0.6) is 0 Å². The molecule has 3 fully saturated rings. The standard InChI is InChI=1S/C18H27N5O2/c1-14-13-16(20-18(19-14)23-9-11-25-12-10-23)21-5-7-22(8-6-21)17(24)15-3-2-4-15/h13,15H,2-12H2,1H3. The van der Waals surface area contributed by atoms with Crippen LogP contribution in [-0.4, -0.2) is 73.3 Å². The van der Waals surface area contributed by atoms with Crippen molar-refractivity contribution in [2.24, 2.45) is 5.92 Å². The van der Waals surface area contributed by atoms with E-state index >= 15 is 0 Å². The van der Waals surface area contributed by atoms with Crippen LogP contribution < -0.4 is 9.80 Å². The lowest BCUT2D eigenvalue weighted by Crippen LogP contribution is -2.51. The molecule has 3 heterocycles. The van der Waals surface area contributed by atoms with Gasteiger partial charge in [0.05, 0.1) is 13.2 Å². The van der Waals surface area contributed by atoms with Gasteiger partial charge in [-0.05, 0) is 19.8 Å². The normalized spacial score (nSPS) is 22.0. The number of carbonyl (C=O) groups is 1. The van der Waals surface area contributed by atoms with Crippen molar-refractivity contribution in [3.05, 3.63) is 11.8 Å². The Hall–Kier alpha value is -1.89. The van der Waals surface area contributed by atoms with E-state index in [0.29, 0.717) is 11.8 Å². The van der Waals surface area contributed by atoms with Gasteiger partial charge in [0.2, 0.25) is 11.9 Å². The van der Waals surface area contributed by atoms with E-state index in [0.717, 1.165) is 82.8 Å². The Morgan fingerprint density at radius 1 is 1.04 bits per heavy atom. The van der Waals surface area contributed by atoms with Crippen molar-refractivity contribution in [3.8, 4) is 0 Å². The van der Waals surface area contributed by atoms with E-state index in [-0.39, 0.29) is 0 Å². The van der Waals surface area contributed by atoms with Gasteiger partial charge in [0, 0.05) is 56.9 Å². The first-order valence-electron chi connectivity index (χ1n) is 9.43. The van der Waals surface area contributed by atoms with Crippen molar-refractivity contribution in [2.45, 2.75) is 26.2 Å². The van der Waals surface area contributed by atoms with Gasteiger partial charge in [-0.1, -0.05) is 6.42 Å². The van der Waals surface area contributed by atoms with Crippen molar-refractivity contribution >= 4 is 17.7 Å². The summed E-state index contributed by atoms with van der Waals surface area (Å²) < 4.78 is 5.42. The molecule has 7 heteroatoms. The number of morpholine rings is 1. The molecule has 25 heavy (non-hydrogen) atoms. The minimum Gasteiger partial charge on any atom is -0.378 e. The quantitative estimate of drug-likeness (QED) is 0.817. The van der Waals surface area contributed by atoms with Crippen LogP contribution in [0.4, 0.5) is 11.8 Å². The summed E-state index contributed by atoms with van der Waals surface area (Å²) in [6.45, 7) is 8.44. The first-order chi connectivity index (χ1) is 12.2. The second-order valence-electron chi connectivity index (χ2n) is 7.21. The smallest absolute Gasteiger partial charge is 0.227 e. The van der Waals surface area contributed by atoms with Crippen molar-refractivity contribution in [1.82, 2.24) is 14.9 Å². The molecule has 4 rings (SSSR count). The summed E-state index contributed by atoms with van der Waals surface area (Å²) >= 11 is 0. The molecular formula is C18H27N5O2. The SMILES string of the molecule is Cc1cc(N2CCN(C(=O)C3CCC3)CC2)nc(N2CCOCC2)n1. The largest absolute Gasteiger partial charge is 0.378 e. The van der Waals surface area contributed by atoms with E-state index in [4.69, 9.17) is 9.72 Å². The summed E-state index contributed by atoms with van der Waals surface area (Å²) in [6, 6.07) is 2.05. The third-order valence-electron chi connectivity index (χ3n) is 5.49. The molecule has 0 bridgehead atoms. The predicted molar refractivity (Wildman–Crippen MR) is 95.9 cm³/mol. The van der Waals surface area contributed by atoms with Gasteiger partial charge in [0.25, 0.3) is 0 Å². The number of amides is 1. The molecule has 3 aliphatic rings. The van der Waals surface area contributed by atoms with Crippen molar-refractivity contribution < 1.29 is 9.53 Å². The Balaban J connectivity index is 1.41. The van der Waals surface area contributed by atoms with Crippen molar-refractivity contribution in [1.29, 1.82) is 0 Å². The molecule has 1 aromatic rings. The lowest BCUT2D eigenvalue weighted by Gasteiger charge is -2.39. The van der Waals surface area contributed by atoms with Gasteiger partial charge in [0.15, 0.2) is 0 Å². The summed E-state index contributed by atoms with van der Waals surface area (Å²) in [7, 11) is 0. The van der Waals surface area contributed by atoms with E-state index in [1.54, 1.807) is 0 Å². The maximum atomic E-state index is 12.4. The Morgan fingerprint density at radius 2 is 1.76 bits per heavy atom. The van der Waals surface area contributed by atoms with Crippen LogP contribution >= 0.6 is 0 Å². The molecule has 0 N–H and O–H groups in total. The van der Waals surface area contributed by atoms with E-state index in [9.17, 15) is 4.79 Å². The molecule has 0 radical (unpaired) electrons. The minimum atomic E-state index is 0.292. The van der Waals surface area contributed by atoms with Gasteiger partial charge in [-0.25, -0.2) is 4.98 Å². The zero-order chi connectivity index (χ0) is 17.2. The summed E-state index contributed by atoms with van der Waals surface area (Å²) in [5.74, 6) is 2.43. The molecule has 1 saturated carbocycles. The van der Waals surface area contributed by atoms with Gasteiger partial charge >= 0.3 is 0 Å². The first-order valence-corrected chi connectivity index (χ1v) is 9.43. The zero-order valence-electron chi connectivity index (χ0n) is 15.0. The van der Waals surface area contributed by atoms with E-state index in [1.807, 2.05) is 17.9 Å². The molecule has 2 saturated heterocycles. The first kappa shape index (κ1) is 16.6. The number of rotatable bonds is 3. The number of nitrogens with zero attached hydrogens (tertiary/aromatic N) is 5. The number of anilines is 2. The van der Waals surface area contributed by atoms with Crippen molar-refractivity contribution in [3.63, 3.8) is 0 Å². The van der Waals surface area contributed by atoms with E-state index in [2.05, 4.69) is 14.8 Å². The highest BCUT2D eigenvalue weighted by Crippen LogP contribution is 2.29. The molecule has 7 nitrogen and oxygen atoms in total. The van der Waals surface area contributed by atoms with Gasteiger partial charge in [-0.2, -0.15) is 4.98 Å². The molecule has 0 aromatic carbocycles. The summed E-state index contributed by atoms with van der Waals surface area (Å²) in [5.41, 5.74) is 0.986. The number of hydrogen-bond donors (Lipinski definition) is 0. The number of piperazine rings is 1. The molecule has 1 amide bonds. The fourth-order valence-electron chi connectivity index (χ4n) is 3.67. The lowest BCUT2D eigenvalue weighted by atomic mass is 9.84. The number of hydrogen-bond acceptors (Lipinski definition) is 6. The monoisotopic (exact) mass is 345 g/mol. The minimum absolute atomic E-state index is 0.292. The molecule has 1 aliphatic carbocycles. The lowest BCUT2D eigenvalue weighted by molar-refractivity contribution is -0.138. The number of aromatic nitrogens is 2. The molecule has 136 valence electrons. The zero-order valence-corrected chi connectivity index (χ0v) is 15.0. The molecule has 0 atom stereocenters. The maximum Gasteiger partial charge on any atom is 0.227 e. The van der Waals surface area contributed by atoms with Crippen LogP contribution in [0.1, 0.15) is 25.0 Å². The van der Waals surface area contributed by atoms with E-state index in [1.165, 1.54) is 6.42 Å². The van der Waals surface area contributed by atoms with Crippen LogP contribution in [-0.2, 0) is 9.53 Å². The molecular weight excluding hydrogens is 318 g/mol. The predicted octanol–water partition coefficient (Wildman–Crippen LogP) is 1.07. The van der Waals surface area contributed by atoms with E-state index < -0.39 is 0 Å². The van der Waals surface area contributed by atoms with Gasteiger partial charge in [0.1, 0.15) is 5.82 Å². The Kier molecular flexibility index (Phi) is 4.74. The molecule has 0 unspecified atom stereocenters. The van der Waals surface area contributed by atoms with Crippen LogP contribution in [0.25, 0.3) is 0 Å². The van der Waals surface area contributed by atoms with Crippen LogP contribution in [0.2, 0.25) is 0 Å². The Morgan fingerprint density at radius 3 is 2.40 bits per heavy atom. The average molecular weight is 345 g/mol. The number of ether oxygens (including phenoxy) is 1. The van der Waals surface area contributed by atoms with Crippen LogP contribution in [0, 0.1) is 12.8 Å². The van der Waals surface area contributed by atoms with Crippen LogP contribution in [0.15, 0.2) is 6.07 Å². The fourth-order valence-corrected chi connectivity index (χ4v) is 3.67. The molecule has 0 spiro atoms. The van der Waals surface area contributed by atoms with Crippen LogP contribution in [0.3, 0.4) is 0 Å².